The van der Waals surface area contributed by atoms with E-state index >= 15 is 0 Å². The molecule has 0 bridgehead atoms. The van der Waals surface area contributed by atoms with Crippen molar-refractivity contribution in [3.8, 4) is 17.2 Å². The van der Waals surface area contributed by atoms with Gasteiger partial charge in [0.25, 0.3) is 0 Å². The van der Waals surface area contributed by atoms with Gasteiger partial charge in [-0.3, -0.25) is 0 Å². The van der Waals surface area contributed by atoms with Crippen molar-refractivity contribution >= 4 is 0 Å². The molecular formula is C25H28O3. The first kappa shape index (κ1) is 20.0. The third-order valence-electron chi connectivity index (χ3n) is 4.62. The van der Waals surface area contributed by atoms with Crippen molar-refractivity contribution < 1.29 is 14.2 Å². The van der Waals surface area contributed by atoms with E-state index in [0.29, 0.717) is 25.7 Å². The lowest BCUT2D eigenvalue weighted by Gasteiger charge is -2.16. The fourth-order valence-corrected chi connectivity index (χ4v) is 3.10. The number of benzene rings is 3. The lowest BCUT2D eigenvalue weighted by atomic mass is 9.97. The SMILES string of the molecule is CCOc1ccc(C(CC)COCc2cccc(Oc3ccccc3)c2)cc1. The van der Waals surface area contributed by atoms with Gasteiger partial charge in [-0.1, -0.05) is 49.4 Å². The second kappa shape index (κ2) is 10.5. The van der Waals surface area contributed by atoms with E-state index < -0.39 is 0 Å². The van der Waals surface area contributed by atoms with Gasteiger partial charge in [0.05, 0.1) is 19.8 Å². The fraction of sp³-hybridized carbons (Fsp3) is 0.280. The van der Waals surface area contributed by atoms with Gasteiger partial charge in [-0.05, 0) is 60.9 Å². The van der Waals surface area contributed by atoms with E-state index in [0.717, 1.165) is 29.2 Å². The minimum atomic E-state index is 0.374. The van der Waals surface area contributed by atoms with Crippen molar-refractivity contribution in [2.75, 3.05) is 13.2 Å². The molecule has 0 aliphatic carbocycles. The van der Waals surface area contributed by atoms with E-state index in [1.54, 1.807) is 0 Å². The maximum Gasteiger partial charge on any atom is 0.127 e. The van der Waals surface area contributed by atoms with Gasteiger partial charge in [0.2, 0.25) is 0 Å². The molecule has 0 saturated carbocycles. The Morgan fingerprint density at radius 1 is 0.750 bits per heavy atom. The van der Waals surface area contributed by atoms with E-state index in [1.165, 1.54) is 5.56 Å². The van der Waals surface area contributed by atoms with Crippen LogP contribution in [0.5, 0.6) is 17.2 Å². The molecule has 146 valence electrons. The molecule has 0 spiro atoms. The van der Waals surface area contributed by atoms with E-state index in [9.17, 15) is 0 Å². The molecule has 3 aromatic rings. The monoisotopic (exact) mass is 376 g/mol. The summed E-state index contributed by atoms with van der Waals surface area (Å²) < 4.78 is 17.4. The predicted octanol–water partition coefficient (Wildman–Crippen LogP) is 6.59. The average molecular weight is 376 g/mol. The molecule has 28 heavy (non-hydrogen) atoms. The number of ether oxygens (including phenoxy) is 3. The van der Waals surface area contributed by atoms with Crippen LogP contribution < -0.4 is 9.47 Å². The zero-order chi connectivity index (χ0) is 19.6. The highest BCUT2D eigenvalue weighted by Crippen LogP contribution is 2.25. The van der Waals surface area contributed by atoms with Gasteiger partial charge in [0.1, 0.15) is 17.2 Å². The Labute approximate surface area is 167 Å². The van der Waals surface area contributed by atoms with Crippen LogP contribution in [0.1, 0.15) is 37.3 Å². The van der Waals surface area contributed by atoms with Crippen molar-refractivity contribution in [1.29, 1.82) is 0 Å². The summed E-state index contributed by atoms with van der Waals surface area (Å²) in [6.07, 6.45) is 1.03. The van der Waals surface area contributed by atoms with Crippen LogP contribution in [-0.2, 0) is 11.3 Å². The Morgan fingerprint density at radius 2 is 1.50 bits per heavy atom. The minimum Gasteiger partial charge on any atom is -0.494 e. The van der Waals surface area contributed by atoms with Crippen LogP contribution in [-0.4, -0.2) is 13.2 Å². The molecule has 3 nitrogen and oxygen atoms in total. The molecule has 0 aliphatic rings. The van der Waals surface area contributed by atoms with Crippen LogP contribution in [0.4, 0.5) is 0 Å². The van der Waals surface area contributed by atoms with Crippen molar-refractivity contribution in [1.82, 2.24) is 0 Å². The first-order valence-corrected chi connectivity index (χ1v) is 9.90. The molecule has 0 N–H and O–H groups in total. The van der Waals surface area contributed by atoms with Gasteiger partial charge in [-0.15, -0.1) is 0 Å². The number of hydrogen-bond acceptors (Lipinski definition) is 3. The molecule has 0 fully saturated rings. The van der Waals surface area contributed by atoms with Gasteiger partial charge >= 0.3 is 0 Å². The highest BCUT2D eigenvalue weighted by atomic mass is 16.5. The van der Waals surface area contributed by atoms with Crippen LogP contribution in [0.3, 0.4) is 0 Å². The Bertz CT molecular complexity index is 828. The van der Waals surface area contributed by atoms with E-state index in [-0.39, 0.29) is 0 Å². The average Bonchev–Trinajstić information content (AvgIpc) is 2.73. The molecular weight excluding hydrogens is 348 g/mol. The summed E-state index contributed by atoms with van der Waals surface area (Å²) in [4.78, 5) is 0. The van der Waals surface area contributed by atoms with Crippen LogP contribution in [0, 0.1) is 0 Å². The third-order valence-corrected chi connectivity index (χ3v) is 4.62. The van der Waals surface area contributed by atoms with Gasteiger partial charge < -0.3 is 14.2 Å². The summed E-state index contributed by atoms with van der Waals surface area (Å²) in [7, 11) is 0. The topological polar surface area (TPSA) is 27.7 Å². The third kappa shape index (κ3) is 5.86. The maximum atomic E-state index is 6.02. The van der Waals surface area contributed by atoms with Crippen LogP contribution in [0.15, 0.2) is 78.9 Å². The Balaban J connectivity index is 1.54. The first-order valence-electron chi connectivity index (χ1n) is 9.90. The summed E-state index contributed by atoms with van der Waals surface area (Å²) in [6.45, 7) is 6.13. The van der Waals surface area contributed by atoms with Crippen molar-refractivity contribution in [3.63, 3.8) is 0 Å². The number of hydrogen-bond donors (Lipinski definition) is 0. The molecule has 0 aliphatic heterocycles. The summed E-state index contributed by atoms with van der Waals surface area (Å²) in [5, 5.41) is 0. The number of rotatable bonds is 10. The molecule has 0 radical (unpaired) electrons. The summed E-state index contributed by atoms with van der Waals surface area (Å²) >= 11 is 0. The lowest BCUT2D eigenvalue weighted by molar-refractivity contribution is 0.105. The van der Waals surface area contributed by atoms with Crippen LogP contribution in [0.25, 0.3) is 0 Å². The minimum absolute atomic E-state index is 0.374. The van der Waals surface area contributed by atoms with E-state index in [1.807, 2.05) is 67.6 Å². The highest BCUT2D eigenvalue weighted by Gasteiger charge is 2.10. The maximum absolute atomic E-state index is 6.02. The predicted molar refractivity (Wildman–Crippen MR) is 113 cm³/mol. The second-order valence-electron chi connectivity index (χ2n) is 6.68. The smallest absolute Gasteiger partial charge is 0.127 e. The zero-order valence-electron chi connectivity index (χ0n) is 16.6. The lowest BCUT2D eigenvalue weighted by Crippen LogP contribution is -2.07. The van der Waals surface area contributed by atoms with Gasteiger partial charge in [0, 0.05) is 5.92 Å². The van der Waals surface area contributed by atoms with Crippen molar-refractivity contribution in [2.45, 2.75) is 32.8 Å². The van der Waals surface area contributed by atoms with Crippen LogP contribution >= 0.6 is 0 Å². The summed E-state index contributed by atoms with van der Waals surface area (Å²) in [5.74, 6) is 2.95. The molecule has 0 aromatic heterocycles. The number of para-hydroxylation sites is 1. The molecule has 3 heteroatoms. The largest absolute Gasteiger partial charge is 0.494 e. The van der Waals surface area contributed by atoms with E-state index in [4.69, 9.17) is 14.2 Å². The highest BCUT2D eigenvalue weighted by molar-refractivity contribution is 5.33. The Morgan fingerprint density at radius 3 is 2.21 bits per heavy atom. The quantitative estimate of drug-likeness (QED) is 0.399. The molecule has 0 amide bonds. The molecule has 0 heterocycles. The molecule has 1 atom stereocenters. The van der Waals surface area contributed by atoms with Gasteiger partial charge in [-0.2, -0.15) is 0 Å². The Kier molecular flexibility index (Phi) is 7.51. The van der Waals surface area contributed by atoms with E-state index in [2.05, 4.69) is 25.1 Å². The van der Waals surface area contributed by atoms with Gasteiger partial charge in [-0.25, -0.2) is 0 Å². The zero-order valence-corrected chi connectivity index (χ0v) is 16.6. The molecule has 0 saturated heterocycles. The van der Waals surface area contributed by atoms with Crippen molar-refractivity contribution in [3.05, 3.63) is 90.0 Å². The molecule has 3 aromatic carbocycles. The summed E-state index contributed by atoms with van der Waals surface area (Å²) in [5.41, 5.74) is 2.39. The van der Waals surface area contributed by atoms with Crippen molar-refractivity contribution in [2.24, 2.45) is 0 Å². The standard InChI is InChI=1S/C25H28O3/c1-3-21(22-13-15-23(16-14-22)27-4-2)19-26-18-20-9-8-12-25(17-20)28-24-10-6-5-7-11-24/h5-17,21H,3-4,18-19H2,1-2H3. The summed E-state index contributed by atoms with van der Waals surface area (Å²) in [6, 6.07) is 26.2. The molecule has 1 unspecified atom stereocenters. The normalized spacial score (nSPS) is 11.8. The second-order valence-corrected chi connectivity index (χ2v) is 6.68. The first-order chi connectivity index (χ1) is 13.8. The Hall–Kier alpha value is -2.78. The van der Waals surface area contributed by atoms with Gasteiger partial charge in [0.15, 0.2) is 0 Å². The van der Waals surface area contributed by atoms with Crippen LogP contribution in [0.2, 0.25) is 0 Å². The fourth-order valence-electron chi connectivity index (χ4n) is 3.10. The molecule has 3 rings (SSSR count).